The molecule has 2 aliphatic rings. The van der Waals surface area contributed by atoms with E-state index in [4.69, 9.17) is 16.3 Å². The van der Waals surface area contributed by atoms with Gasteiger partial charge in [0, 0.05) is 16.1 Å². The Labute approximate surface area is 198 Å². The minimum atomic E-state index is -0.827. The van der Waals surface area contributed by atoms with E-state index in [1.165, 1.54) is 23.8 Å². The van der Waals surface area contributed by atoms with Gasteiger partial charge in [0.2, 0.25) is 0 Å². The maximum absolute atomic E-state index is 13.1. The number of nitrogens with one attached hydrogen (secondary N) is 1. The number of rotatable bonds is 4. The maximum atomic E-state index is 13.1. The fourth-order valence-electron chi connectivity index (χ4n) is 5.59. The molecule has 1 spiro atoms. The first kappa shape index (κ1) is 21.6. The van der Waals surface area contributed by atoms with Crippen LogP contribution in [-0.4, -0.2) is 23.7 Å². The highest BCUT2D eigenvalue weighted by Gasteiger charge is 2.52. The molecule has 0 saturated heterocycles. The smallest absolute Gasteiger partial charge is 0.331 e. The highest BCUT2D eigenvalue weighted by Crippen LogP contribution is 2.57. The number of allylic oxidation sites excluding steroid dienone is 1. The van der Waals surface area contributed by atoms with Crippen LogP contribution in [0.5, 0.6) is 5.75 Å². The van der Waals surface area contributed by atoms with E-state index in [-0.39, 0.29) is 17.1 Å². The normalized spacial score (nSPS) is 23.6. The molecule has 1 saturated carbocycles. The Hall–Kier alpha value is -3.24. The molecule has 5 rings (SSSR count). The molecule has 2 aliphatic carbocycles. The number of halogens is 1. The van der Waals surface area contributed by atoms with Gasteiger partial charge in [0.05, 0.1) is 7.11 Å². The van der Waals surface area contributed by atoms with Gasteiger partial charge in [0.15, 0.2) is 0 Å². The van der Waals surface area contributed by atoms with E-state index in [0.717, 1.165) is 24.1 Å². The fraction of sp³-hybridized carbons (Fsp3) is 0.250. The van der Waals surface area contributed by atoms with Crippen LogP contribution in [0.15, 0.2) is 72.8 Å². The number of carbonyl (C=O) groups excluding carboxylic acids is 1. The number of methoxy groups -OCH3 is 1. The molecular weight excluding hydrogens is 434 g/mol. The van der Waals surface area contributed by atoms with Gasteiger partial charge in [-0.1, -0.05) is 54.1 Å². The van der Waals surface area contributed by atoms with E-state index >= 15 is 0 Å². The molecule has 0 bridgehead atoms. The number of anilines is 1. The Bertz CT molecular complexity index is 1240. The van der Waals surface area contributed by atoms with E-state index in [9.17, 15) is 9.90 Å². The summed E-state index contributed by atoms with van der Waals surface area (Å²) in [6, 6.07) is 23.3. The molecule has 0 unspecified atom stereocenters. The SMILES string of the molecule is COC(=O)C1(Nc2cccc(Cl)c2)CCC2(CC1)C(c1cccc(O)c1)=Cc1ccccc12. The average molecular weight is 460 g/mol. The molecule has 3 aromatic rings. The van der Waals surface area contributed by atoms with Gasteiger partial charge in [-0.3, -0.25) is 0 Å². The van der Waals surface area contributed by atoms with Crippen LogP contribution < -0.4 is 5.32 Å². The molecule has 0 amide bonds. The van der Waals surface area contributed by atoms with Gasteiger partial charge in [0.25, 0.3) is 0 Å². The monoisotopic (exact) mass is 459 g/mol. The first-order valence-corrected chi connectivity index (χ1v) is 11.6. The van der Waals surface area contributed by atoms with E-state index < -0.39 is 5.54 Å². The third kappa shape index (κ3) is 3.68. The molecule has 33 heavy (non-hydrogen) atoms. The number of hydrogen-bond acceptors (Lipinski definition) is 4. The number of phenols is 1. The van der Waals surface area contributed by atoms with Crippen LogP contribution in [0.3, 0.4) is 0 Å². The summed E-state index contributed by atoms with van der Waals surface area (Å²) >= 11 is 6.19. The zero-order valence-electron chi connectivity index (χ0n) is 18.5. The summed E-state index contributed by atoms with van der Waals surface area (Å²) in [6.07, 6.45) is 5.00. The molecule has 0 aliphatic heterocycles. The van der Waals surface area contributed by atoms with Crippen LogP contribution in [0.1, 0.15) is 42.4 Å². The number of benzene rings is 3. The van der Waals surface area contributed by atoms with Crippen molar-refractivity contribution in [1.29, 1.82) is 0 Å². The largest absolute Gasteiger partial charge is 0.508 e. The van der Waals surface area contributed by atoms with Gasteiger partial charge in [0.1, 0.15) is 11.3 Å². The Morgan fingerprint density at radius 3 is 2.45 bits per heavy atom. The molecule has 0 aromatic heterocycles. The number of esters is 1. The second kappa shape index (κ2) is 8.27. The zero-order valence-corrected chi connectivity index (χ0v) is 19.2. The van der Waals surface area contributed by atoms with Gasteiger partial charge >= 0.3 is 5.97 Å². The summed E-state index contributed by atoms with van der Waals surface area (Å²) in [5, 5.41) is 14.2. The first-order chi connectivity index (χ1) is 16.0. The number of carbonyl (C=O) groups is 1. The lowest BCUT2D eigenvalue weighted by atomic mass is 9.61. The Kier molecular flexibility index (Phi) is 5.41. The lowest BCUT2D eigenvalue weighted by Gasteiger charge is -2.46. The van der Waals surface area contributed by atoms with Gasteiger partial charge in [-0.25, -0.2) is 4.79 Å². The van der Waals surface area contributed by atoms with Crippen molar-refractivity contribution in [3.05, 3.63) is 94.5 Å². The Morgan fingerprint density at radius 2 is 1.73 bits per heavy atom. The Morgan fingerprint density at radius 1 is 0.970 bits per heavy atom. The topological polar surface area (TPSA) is 58.6 Å². The van der Waals surface area contributed by atoms with Gasteiger partial charge < -0.3 is 15.2 Å². The standard InChI is InChI=1S/C28H26ClNO3/c1-33-26(32)28(30-22-9-5-8-21(29)18-22)14-12-27(13-15-28)24-11-3-2-6-20(24)17-25(27)19-7-4-10-23(31)16-19/h2-11,16-18,30-31H,12-15H2,1H3. The number of hydrogen-bond donors (Lipinski definition) is 2. The van der Waals surface area contributed by atoms with Crippen molar-refractivity contribution >= 4 is 34.9 Å². The van der Waals surface area contributed by atoms with Crippen LogP contribution in [0, 0.1) is 0 Å². The van der Waals surface area contributed by atoms with Crippen molar-refractivity contribution in [2.24, 2.45) is 0 Å². The lowest BCUT2D eigenvalue weighted by molar-refractivity contribution is -0.147. The molecular formula is C28H26ClNO3. The number of phenolic OH excluding ortho intramolecular Hbond substituents is 1. The lowest BCUT2D eigenvalue weighted by Crippen LogP contribution is -2.52. The van der Waals surface area contributed by atoms with Crippen LogP contribution >= 0.6 is 11.6 Å². The van der Waals surface area contributed by atoms with E-state index in [1.807, 2.05) is 42.5 Å². The predicted octanol–water partition coefficient (Wildman–Crippen LogP) is 6.44. The average Bonchev–Trinajstić information content (AvgIpc) is 3.14. The summed E-state index contributed by atoms with van der Waals surface area (Å²) in [6.45, 7) is 0. The zero-order chi connectivity index (χ0) is 23.1. The number of ether oxygens (including phenoxy) is 1. The molecule has 3 aromatic carbocycles. The van der Waals surface area contributed by atoms with Gasteiger partial charge in [-0.15, -0.1) is 0 Å². The summed E-state index contributed by atoms with van der Waals surface area (Å²) < 4.78 is 5.26. The van der Waals surface area contributed by atoms with E-state index in [2.05, 4.69) is 35.7 Å². The first-order valence-electron chi connectivity index (χ1n) is 11.2. The van der Waals surface area contributed by atoms with E-state index in [1.54, 1.807) is 6.07 Å². The van der Waals surface area contributed by atoms with Gasteiger partial charge in [-0.2, -0.15) is 0 Å². The third-order valence-electron chi connectivity index (χ3n) is 7.19. The summed E-state index contributed by atoms with van der Waals surface area (Å²) in [4.78, 5) is 13.1. The third-order valence-corrected chi connectivity index (χ3v) is 7.43. The maximum Gasteiger partial charge on any atom is 0.331 e. The molecule has 5 heteroatoms. The molecule has 1 fully saturated rings. The predicted molar refractivity (Wildman–Crippen MR) is 132 cm³/mol. The summed E-state index contributed by atoms with van der Waals surface area (Å²) in [7, 11) is 1.44. The Balaban J connectivity index is 1.53. The van der Waals surface area contributed by atoms with Crippen molar-refractivity contribution in [3.63, 3.8) is 0 Å². The quantitative estimate of drug-likeness (QED) is 0.441. The molecule has 4 nitrogen and oxygen atoms in total. The molecule has 168 valence electrons. The highest BCUT2D eigenvalue weighted by molar-refractivity contribution is 6.30. The minimum absolute atomic E-state index is 0.224. The summed E-state index contributed by atoms with van der Waals surface area (Å²) in [5.41, 5.74) is 4.44. The molecule has 0 heterocycles. The van der Waals surface area contributed by atoms with Crippen molar-refractivity contribution in [2.45, 2.75) is 36.6 Å². The van der Waals surface area contributed by atoms with Crippen molar-refractivity contribution < 1.29 is 14.6 Å². The minimum Gasteiger partial charge on any atom is -0.508 e. The second-order valence-electron chi connectivity index (χ2n) is 8.99. The number of fused-ring (bicyclic) bond motifs is 2. The van der Waals surface area contributed by atoms with Crippen LogP contribution in [0.2, 0.25) is 5.02 Å². The van der Waals surface area contributed by atoms with Crippen LogP contribution in [-0.2, 0) is 14.9 Å². The van der Waals surface area contributed by atoms with E-state index in [0.29, 0.717) is 17.9 Å². The van der Waals surface area contributed by atoms with Gasteiger partial charge in [-0.05, 0) is 84.4 Å². The van der Waals surface area contributed by atoms with Crippen LogP contribution in [0.4, 0.5) is 5.69 Å². The second-order valence-corrected chi connectivity index (χ2v) is 9.42. The summed E-state index contributed by atoms with van der Waals surface area (Å²) in [5.74, 6) is -0.00617. The molecule has 2 N–H and O–H groups in total. The van der Waals surface area contributed by atoms with Crippen molar-refractivity contribution in [2.75, 3.05) is 12.4 Å². The molecule has 0 atom stereocenters. The van der Waals surface area contributed by atoms with Crippen molar-refractivity contribution in [1.82, 2.24) is 0 Å². The van der Waals surface area contributed by atoms with Crippen molar-refractivity contribution in [3.8, 4) is 5.75 Å². The fourth-order valence-corrected chi connectivity index (χ4v) is 5.78. The number of aromatic hydroxyl groups is 1. The highest BCUT2D eigenvalue weighted by atomic mass is 35.5. The van der Waals surface area contributed by atoms with Crippen LogP contribution in [0.25, 0.3) is 11.6 Å². The molecule has 0 radical (unpaired) electrons.